The Labute approximate surface area is 184 Å². The smallest absolute Gasteiger partial charge is 0.255 e. The van der Waals surface area contributed by atoms with Gasteiger partial charge in [0.25, 0.3) is 5.91 Å². The van der Waals surface area contributed by atoms with Crippen LogP contribution in [0, 0.1) is 0 Å². The summed E-state index contributed by atoms with van der Waals surface area (Å²) >= 11 is 0. The van der Waals surface area contributed by atoms with Crippen molar-refractivity contribution in [2.45, 2.75) is 38.3 Å². The first kappa shape index (κ1) is 23.0. The van der Waals surface area contributed by atoms with Crippen molar-refractivity contribution in [2.75, 3.05) is 40.5 Å². The van der Waals surface area contributed by atoms with Crippen molar-refractivity contribution in [3.05, 3.63) is 53.9 Å². The minimum absolute atomic E-state index is 0.0657. The van der Waals surface area contributed by atoms with Gasteiger partial charge in [-0.05, 0) is 44.0 Å². The summed E-state index contributed by atoms with van der Waals surface area (Å²) in [4.78, 5) is 19.5. The summed E-state index contributed by atoms with van der Waals surface area (Å²) < 4.78 is 16.6. The molecule has 1 unspecified atom stereocenters. The largest absolute Gasteiger partial charge is 0.497 e. The Morgan fingerprint density at radius 1 is 1.23 bits per heavy atom. The molecule has 31 heavy (non-hydrogen) atoms. The fraction of sp³-hybridized carbons (Fsp3) is 0.500. The number of amides is 1. The topological polar surface area (TPSA) is 72.9 Å². The molecule has 1 aliphatic heterocycles. The average Bonchev–Trinajstić information content (AvgIpc) is 2.80. The highest BCUT2D eigenvalue weighted by Gasteiger charge is 2.25. The summed E-state index contributed by atoms with van der Waals surface area (Å²) in [5.74, 6) is 1.07. The molecule has 0 radical (unpaired) electrons. The Hall–Kier alpha value is -2.64. The minimum Gasteiger partial charge on any atom is -0.497 e. The molecule has 0 aliphatic carbocycles. The molecule has 1 atom stereocenters. The molecule has 1 amide bonds. The van der Waals surface area contributed by atoms with E-state index in [1.54, 1.807) is 32.4 Å². The number of methoxy groups -OCH3 is 2. The van der Waals surface area contributed by atoms with Gasteiger partial charge in [0.15, 0.2) is 0 Å². The Kier molecular flexibility index (Phi) is 8.67. The van der Waals surface area contributed by atoms with Gasteiger partial charge >= 0.3 is 0 Å². The van der Waals surface area contributed by atoms with Gasteiger partial charge in [0.1, 0.15) is 17.6 Å². The van der Waals surface area contributed by atoms with Crippen molar-refractivity contribution in [2.24, 2.45) is 0 Å². The van der Waals surface area contributed by atoms with Crippen LogP contribution >= 0.6 is 0 Å². The first-order valence-electron chi connectivity index (χ1n) is 10.9. The summed E-state index contributed by atoms with van der Waals surface area (Å²) in [6.45, 7) is 5.08. The third-order valence-electron chi connectivity index (χ3n) is 5.65. The third kappa shape index (κ3) is 6.67. The monoisotopic (exact) mass is 427 g/mol. The van der Waals surface area contributed by atoms with Crippen molar-refractivity contribution in [1.82, 2.24) is 15.2 Å². The van der Waals surface area contributed by atoms with Gasteiger partial charge in [-0.15, -0.1) is 0 Å². The molecule has 3 rings (SSSR count). The molecule has 7 heteroatoms. The van der Waals surface area contributed by atoms with Crippen molar-refractivity contribution < 1.29 is 19.0 Å². The molecule has 0 bridgehead atoms. The first-order chi connectivity index (χ1) is 15.1. The van der Waals surface area contributed by atoms with Crippen molar-refractivity contribution in [3.63, 3.8) is 0 Å². The Morgan fingerprint density at radius 2 is 2.03 bits per heavy atom. The molecule has 168 valence electrons. The van der Waals surface area contributed by atoms with Crippen molar-refractivity contribution >= 4 is 5.91 Å². The van der Waals surface area contributed by atoms with E-state index in [4.69, 9.17) is 14.2 Å². The average molecular weight is 428 g/mol. The van der Waals surface area contributed by atoms with Gasteiger partial charge in [-0.3, -0.25) is 14.7 Å². The van der Waals surface area contributed by atoms with E-state index in [9.17, 15) is 4.79 Å². The first-order valence-corrected chi connectivity index (χ1v) is 10.9. The molecular formula is C24H33N3O4. The number of rotatable bonds is 10. The predicted molar refractivity (Wildman–Crippen MR) is 120 cm³/mol. The number of hydrogen-bond acceptors (Lipinski definition) is 6. The van der Waals surface area contributed by atoms with Crippen LogP contribution in [0.3, 0.4) is 0 Å². The lowest BCUT2D eigenvalue weighted by atomic mass is 10.0. The molecule has 2 aromatic rings. The van der Waals surface area contributed by atoms with Gasteiger partial charge in [0.05, 0.1) is 19.3 Å². The van der Waals surface area contributed by atoms with Gasteiger partial charge in [-0.2, -0.15) is 0 Å². The van der Waals surface area contributed by atoms with Crippen molar-refractivity contribution in [3.8, 4) is 11.5 Å². The number of pyridine rings is 1. The number of carbonyl (C=O) groups is 1. The maximum atomic E-state index is 12.6. The van der Waals surface area contributed by atoms with Crippen LogP contribution in [-0.4, -0.2) is 68.4 Å². The molecule has 1 aromatic heterocycles. The number of nitrogens with one attached hydrogen (secondary N) is 1. The molecule has 2 heterocycles. The highest BCUT2D eigenvalue weighted by molar-refractivity contribution is 5.97. The standard InChI is InChI=1S/C24H33N3O4/c1-18(16-19-6-4-5-11-25-19)27-13-9-20(10-14-27)31-23-17-21(30-3)7-8-22(23)24(28)26-12-15-29-2/h4-8,11,17-18,20H,9-10,12-16H2,1-3H3,(H,26,28). The van der Waals surface area contributed by atoms with Gasteiger partial charge < -0.3 is 19.5 Å². The zero-order chi connectivity index (χ0) is 22.1. The SMILES string of the molecule is COCCNC(=O)c1ccc(OC)cc1OC1CCN(C(C)Cc2ccccn2)CC1. The lowest BCUT2D eigenvalue weighted by Gasteiger charge is -2.36. The van der Waals surface area contributed by atoms with E-state index in [2.05, 4.69) is 28.2 Å². The second-order valence-corrected chi connectivity index (χ2v) is 7.84. The second-order valence-electron chi connectivity index (χ2n) is 7.84. The van der Waals surface area contributed by atoms with E-state index >= 15 is 0 Å². The van der Waals surface area contributed by atoms with Crippen LogP contribution in [0.25, 0.3) is 0 Å². The van der Waals surface area contributed by atoms with E-state index < -0.39 is 0 Å². The Balaban J connectivity index is 1.58. The lowest BCUT2D eigenvalue weighted by Crippen LogP contribution is -2.44. The van der Waals surface area contributed by atoms with Gasteiger partial charge in [-0.1, -0.05) is 6.07 Å². The molecule has 0 saturated carbocycles. The fourth-order valence-electron chi connectivity index (χ4n) is 3.84. The molecular weight excluding hydrogens is 394 g/mol. The van der Waals surface area contributed by atoms with E-state index in [1.165, 1.54) is 0 Å². The van der Waals surface area contributed by atoms with Crippen LogP contribution in [0.1, 0.15) is 35.8 Å². The zero-order valence-corrected chi connectivity index (χ0v) is 18.7. The van der Waals surface area contributed by atoms with Crippen LogP contribution in [0.4, 0.5) is 0 Å². The summed E-state index contributed by atoms with van der Waals surface area (Å²) in [5, 5.41) is 2.86. The van der Waals surface area contributed by atoms with Gasteiger partial charge in [0.2, 0.25) is 0 Å². The minimum atomic E-state index is -0.170. The quantitative estimate of drug-likeness (QED) is 0.588. The maximum absolute atomic E-state index is 12.6. The number of piperidine rings is 1. The Bertz CT molecular complexity index is 823. The number of benzene rings is 1. The molecule has 7 nitrogen and oxygen atoms in total. The molecule has 1 saturated heterocycles. The maximum Gasteiger partial charge on any atom is 0.255 e. The number of ether oxygens (including phenoxy) is 3. The summed E-state index contributed by atoms with van der Waals surface area (Å²) in [6, 6.07) is 11.8. The van der Waals surface area contributed by atoms with Crippen LogP contribution in [0.15, 0.2) is 42.6 Å². The summed E-state index contributed by atoms with van der Waals surface area (Å²) in [5.41, 5.74) is 1.64. The lowest BCUT2D eigenvalue weighted by molar-refractivity contribution is 0.0772. The molecule has 1 fully saturated rings. The zero-order valence-electron chi connectivity index (χ0n) is 18.7. The van der Waals surface area contributed by atoms with E-state index in [1.807, 2.05) is 18.3 Å². The van der Waals surface area contributed by atoms with Gasteiger partial charge in [0, 0.05) is 57.2 Å². The molecule has 1 aromatic carbocycles. The van der Waals surface area contributed by atoms with Crippen LogP contribution in [0.5, 0.6) is 11.5 Å². The molecule has 1 N–H and O–H groups in total. The number of hydrogen-bond donors (Lipinski definition) is 1. The molecule has 0 spiro atoms. The number of carbonyl (C=O) groups excluding carboxylic acids is 1. The number of nitrogens with zero attached hydrogens (tertiary/aromatic N) is 2. The second kappa shape index (κ2) is 11.7. The normalized spacial score (nSPS) is 16.0. The third-order valence-corrected chi connectivity index (χ3v) is 5.65. The van der Waals surface area contributed by atoms with E-state index in [0.717, 1.165) is 38.0 Å². The Morgan fingerprint density at radius 3 is 2.71 bits per heavy atom. The number of likely N-dealkylation sites (tertiary alicyclic amines) is 1. The summed E-state index contributed by atoms with van der Waals surface area (Å²) in [7, 11) is 3.22. The highest BCUT2D eigenvalue weighted by atomic mass is 16.5. The van der Waals surface area contributed by atoms with Crippen molar-refractivity contribution in [1.29, 1.82) is 0 Å². The predicted octanol–water partition coefficient (Wildman–Crippen LogP) is 2.94. The van der Waals surface area contributed by atoms with E-state index in [0.29, 0.717) is 36.3 Å². The number of aromatic nitrogens is 1. The van der Waals surface area contributed by atoms with Gasteiger partial charge in [-0.25, -0.2) is 0 Å². The van der Waals surface area contributed by atoms with E-state index in [-0.39, 0.29) is 12.0 Å². The highest BCUT2D eigenvalue weighted by Crippen LogP contribution is 2.28. The van der Waals surface area contributed by atoms with Crippen LogP contribution < -0.4 is 14.8 Å². The fourth-order valence-corrected chi connectivity index (χ4v) is 3.84. The molecule has 1 aliphatic rings. The van der Waals surface area contributed by atoms with Crippen LogP contribution in [0.2, 0.25) is 0 Å². The summed E-state index contributed by atoms with van der Waals surface area (Å²) in [6.07, 6.45) is 4.67. The van der Waals surface area contributed by atoms with Crippen LogP contribution in [-0.2, 0) is 11.2 Å².